The van der Waals surface area contributed by atoms with Crippen molar-refractivity contribution in [2.24, 2.45) is 0 Å². The molecule has 2 aromatic carbocycles. The quantitative estimate of drug-likeness (QED) is 0.571. The van der Waals surface area contributed by atoms with Crippen LogP contribution in [0.15, 0.2) is 42.5 Å². The average Bonchev–Trinajstić information content (AvgIpc) is 3.06. The molecular formula is C22H24N2O4. The molecule has 6 nitrogen and oxygen atoms in total. The number of fused-ring (bicyclic) bond motifs is 1. The molecule has 0 fully saturated rings. The van der Waals surface area contributed by atoms with Gasteiger partial charge in [-0.3, -0.25) is 4.79 Å². The van der Waals surface area contributed by atoms with E-state index in [1.165, 1.54) is 0 Å². The highest BCUT2D eigenvalue weighted by Gasteiger charge is 2.46. The van der Waals surface area contributed by atoms with Crippen LogP contribution in [0.3, 0.4) is 0 Å². The zero-order valence-corrected chi connectivity index (χ0v) is 16.1. The van der Waals surface area contributed by atoms with E-state index in [0.29, 0.717) is 24.2 Å². The van der Waals surface area contributed by atoms with Gasteiger partial charge in [0.2, 0.25) is 0 Å². The number of nitrogens with one attached hydrogen (secondary N) is 2. The maximum atomic E-state index is 13.1. The number of hydrogen-bond donors (Lipinski definition) is 2. The maximum Gasteiger partial charge on any atom is 0.332 e. The first kappa shape index (κ1) is 19.6. The molecule has 2 N–H and O–H groups in total. The summed E-state index contributed by atoms with van der Waals surface area (Å²) in [4.78, 5) is 26.0. The Balaban J connectivity index is 1.93. The highest BCUT2D eigenvalue weighted by molar-refractivity contribution is 6.01. The zero-order chi connectivity index (χ0) is 20.1. The standard InChI is InChI=1S/C22H24N2O4/c1-3-27-21(26)22(13-16-8-4-5-9-17(16)14-22)24-20(25)18-10-6-7-15(2)19(18)28-12-11-23/h4-11,23H,3,12-14H2,1-2H3,(H,24,25). The molecule has 0 spiro atoms. The summed E-state index contributed by atoms with van der Waals surface area (Å²) in [6, 6.07) is 13.0. The van der Waals surface area contributed by atoms with Crippen molar-refractivity contribution in [1.29, 1.82) is 5.41 Å². The Morgan fingerprint density at radius 3 is 2.43 bits per heavy atom. The Morgan fingerprint density at radius 1 is 1.14 bits per heavy atom. The first-order chi connectivity index (χ1) is 13.5. The molecule has 0 saturated heterocycles. The van der Waals surface area contributed by atoms with Gasteiger partial charge >= 0.3 is 5.97 Å². The van der Waals surface area contributed by atoms with Gasteiger partial charge < -0.3 is 20.2 Å². The molecule has 146 valence electrons. The number of carbonyl (C=O) groups is 2. The van der Waals surface area contributed by atoms with Crippen molar-refractivity contribution in [2.75, 3.05) is 13.2 Å². The molecule has 0 bridgehead atoms. The van der Waals surface area contributed by atoms with Crippen LogP contribution in [-0.4, -0.2) is 36.8 Å². The predicted octanol–water partition coefficient (Wildman–Crippen LogP) is 2.85. The Morgan fingerprint density at radius 2 is 1.82 bits per heavy atom. The van der Waals surface area contributed by atoms with Crippen LogP contribution >= 0.6 is 0 Å². The fraction of sp³-hybridized carbons (Fsp3) is 0.318. The zero-order valence-electron chi connectivity index (χ0n) is 16.1. The third kappa shape index (κ3) is 3.76. The van der Waals surface area contributed by atoms with Gasteiger partial charge in [-0.05, 0) is 36.6 Å². The highest BCUT2D eigenvalue weighted by atomic mass is 16.5. The van der Waals surface area contributed by atoms with Gasteiger partial charge in [0, 0.05) is 19.1 Å². The van der Waals surface area contributed by atoms with Gasteiger partial charge in [-0.15, -0.1) is 0 Å². The van der Waals surface area contributed by atoms with Crippen LogP contribution < -0.4 is 10.1 Å². The van der Waals surface area contributed by atoms with Gasteiger partial charge in [0.05, 0.1) is 12.2 Å². The fourth-order valence-corrected chi connectivity index (χ4v) is 3.60. The summed E-state index contributed by atoms with van der Waals surface area (Å²) in [5.41, 5.74) is 2.04. The molecule has 0 unspecified atom stereocenters. The fourth-order valence-electron chi connectivity index (χ4n) is 3.60. The molecular weight excluding hydrogens is 356 g/mol. The number of rotatable bonds is 7. The van der Waals surface area contributed by atoms with Crippen LogP contribution in [0.25, 0.3) is 0 Å². The highest BCUT2D eigenvalue weighted by Crippen LogP contribution is 2.32. The van der Waals surface area contributed by atoms with Gasteiger partial charge in [0.15, 0.2) is 0 Å². The van der Waals surface area contributed by atoms with Gasteiger partial charge in [-0.1, -0.05) is 36.4 Å². The maximum absolute atomic E-state index is 13.1. The van der Waals surface area contributed by atoms with Crippen LogP contribution in [0.4, 0.5) is 0 Å². The normalized spacial score (nSPS) is 14.1. The van der Waals surface area contributed by atoms with E-state index in [1.807, 2.05) is 37.3 Å². The van der Waals surface area contributed by atoms with Crippen LogP contribution in [-0.2, 0) is 22.4 Å². The molecule has 0 atom stereocenters. The van der Waals surface area contributed by atoms with Gasteiger partial charge in [-0.25, -0.2) is 4.79 Å². The molecule has 1 amide bonds. The molecule has 0 aliphatic heterocycles. The lowest BCUT2D eigenvalue weighted by Crippen LogP contribution is -2.56. The molecule has 6 heteroatoms. The molecule has 2 aromatic rings. The topological polar surface area (TPSA) is 88.5 Å². The van der Waals surface area contributed by atoms with E-state index in [-0.39, 0.29) is 13.2 Å². The number of benzene rings is 2. The second-order valence-electron chi connectivity index (χ2n) is 6.85. The van der Waals surface area contributed by atoms with E-state index in [1.54, 1.807) is 19.1 Å². The molecule has 1 aliphatic rings. The van der Waals surface area contributed by atoms with Crippen LogP contribution in [0, 0.1) is 12.3 Å². The largest absolute Gasteiger partial charge is 0.487 e. The number of hydrogen-bond acceptors (Lipinski definition) is 5. The first-order valence-electron chi connectivity index (χ1n) is 9.28. The van der Waals surface area contributed by atoms with Crippen LogP contribution in [0.1, 0.15) is 34.0 Å². The molecule has 0 radical (unpaired) electrons. The average molecular weight is 380 g/mol. The minimum Gasteiger partial charge on any atom is -0.487 e. The van der Waals surface area contributed by atoms with E-state index in [4.69, 9.17) is 14.9 Å². The molecule has 0 heterocycles. The molecule has 0 aromatic heterocycles. The van der Waals surface area contributed by atoms with Crippen LogP contribution in [0.2, 0.25) is 0 Å². The summed E-state index contributed by atoms with van der Waals surface area (Å²) in [6.07, 6.45) is 1.90. The summed E-state index contributed by atoms with van der Waals surface area (Å²) in [5.74, 6) is -0.420. The third-order valence-electron chi connectivity index (χ3n) is 4.89. The van der Waals surface area contributed by atoms with Crippen molar-refractivity contribution in [3.8, 4) is 5.75 Å². The second kappa shape index (κ2) is 8.25. The van der Waals surface area contributed by atoms with Crippen molar-refractivity contribution in [3.05, 3.63) is 64.7 Å². The van der Waals surface area contributed by atoms with Crippen LogP contribution in [0.5, 0.6) is 5.75 Å². The lowest BCUT2D eigenvalue weighted by Gasteiger charge is -2.28. The number of ether oxygens (including phenoxy) is 2. The third-order valence-corrected chi connectivity index (χ3v) is 4.89. The molecule has 1 aliphatic carbocycles. The van der Waals surface area contributed by atoms with Crippen molar-refractivity contribution in [2.45, 2.75) is 32.2 Å². The number of amides is 1. The summed E-state index contributed by atoms with van der Waals surface area (Å²) < 4.78 is 10.9. The minimum absolute atomic E-state index is 0.0690. The van der Waals surface area contributed by atoms with Gasteiger partial charge in [0.1, 0.15) is 17.9 Å². The smallest absolute Gasteiger partial charge is 0.332 e. The van der Waals surface area contributed by atoms with E-state index >= 15 is 0 Å². The lowest BCUT2D eigenvalue weighted by atomic mass is 9.94. The minimum atomic E-state index is -1.14. The predicted molar refractivity (Wildman–Crippen MR) is 106 cm³/mol. The Labute approximate surface area is 164 Å². The van der Waals surface area contributed by atoms with E-state index in [2.05, 4.69) is 5.32 Å². The Kier molecular flexibility index (Phi) is 5.78. The van der Waals surface area contributed by atoms with Gasteiger partial charge in [-0.2, -0.15) is 0 Å². The van der Waals surface area contributed by atoms with Crippen molar-refractivity contribution in [1.82, 2.24) is 5.32 Å². The summed E-state index contributed by atoms with van der Waals surface area (Å²) >= 11 is 0. The van der Waals surface area contributed by atoms with E-state index in [0.717, 1.165) is 22.9 Å². The summed E-state index contributed by atoms with van der Waals surface area (Å²) in [5, 5.41) is 10.1. The molecule has 28 heavy (non-hydrogen) atoms. The van der Waals surface area contributed by atoms with Crippen molar-refractivity contribution < 1.29 is 19.1 Å². The summed E-state index contributed by atoms with van der Waals surface area (Å²) in [6.45, 7) is 3.90. The Hall–Kier alpha value is -3.15. The monoisotopic (exact) mass is 380 g/mol. The van der Waals surface area contributed by atoms with Gasteiger partial charge in [0.25, 0.3) is 5.91 Å². The second-order valence-corrected chi connectivity index (χ2v) is 6.85. The molecule has 0 saturated carbocycles. The van der Waals surface area contributed by atoms with Crippen molar-refractivity contribution >= 4 is 18.1 Å². The number of carbonyl (C=O) groups excluding carboxylic acids is 2. The number of para-hydroxylation sites is 1. The first-order valence-corrected chi connectivity index (χ1v) is 9.28. The number of aryl methyl sites for hydroxylation is 1. The van der Waals surface area contributed by atoms with E-state index < -0.39 is 17.4 Å². The number of esters is 1. The molecule has 3 rings (SSSR count). The lowest BCUT2D eigenvalue weighted by molar-refractivity contribution is -0.150. The summed E-state index contributed by atoms with van der Waals surface area (Å²) in [7, 11) is 0. The van der Waals surface area contributed by atoms with Crippen molar-refractivity contribution in [3.63, 3.8) is 0 Å². The van der Waals surface area contributed by atoms with E-state index in [9.17, 15) is 9.59 Å². The SMILES string of the molecule is CCOC(=O)C1(NC(=O)c2cccc(C)c2OCC=N)Cc2ccccc2C1. The Bertz CT molecular complexity index is 882.